The maximum atomic E-state index is 13.1. The number of piperazine rings is 1. The highest BCUT2D eigenvalue weighted by Crippen LogP contribution is 2.39. The first-order chi connectivity index (χ1) is 16.7. The molecule has 0 bridgehead atoms. The summed E-state index contributed by atoms with van der Waals surface area (Å²) in [6.07, 6.45) is 2.56. The monoisotopic (exact) mass is 457 g/mol. The Morgan fingerprint density at radius 1 is 0.912 bits per heavy atom. The minimum absolute atomic E-state index is 0.0223. The van der Waals surface area contributed by atoms with Crippen molar-refractivity contribution < 1.29 is 14.1 Å². The van der Waals surface area contributed by atoms with Crippen LogP contribution >= 0.6 is 0 Å². The van der Waals surface area contributed by atoms with Gasteiger partial charge in [0, 0.05) is 62.0 Å². The van der Waals surface area contributed by atoms with Gasteiger partial charge in [0.05, 0.1) is 5.92 Å². The number of carbonyl (C=O) groups excluding carboxylic acids is 2. The third-order valence-corrected chi connectivity index (χ3v) is 6.99. The molecule has 3 fully saturated rings. The van der Waals surface area contributed by atoms with E-state index in [1.54, 1.807) is 4.90 Å². The maximum Gasteiger partial charge on any atom is 0.230 e. The fourth-order valence-electron chi connectivity index (χ4n) is 4.84. The first kappa shape index (κ1) is 20.9. The molecule has 1 aliphatic carbocycles. The van der Waals surface area contributed by atoms with E-state index in [2.05, 4.69) is 27.2 Å². The van der Waals surface area contributed by atoms with Crippen molar-refractivity contribution in [1.29, 1.82) is 0 Å². The van der Waals surface area contributed by atoms with Gasteiger partial charge in [-0.3, -0.25) is 9.59 Å². The van der Waals surface area contributed by atoms with Crippen molar-refractivity contribution in [1.82, 2.24) is 15.0 Å². The smallest absolute Gasteiger partial charge is 0.230 e. The first-order valence-electron chi connectivity index (χ1n) is 12.0. The van der Waals surface area contributed by atoms with Crippen molar-refractivity contribution in [2.45, 2.75) is 25.2 Å². The zero-order valence-corrected chi connectivity index (χ0v) is 19.0. The van der Waals surface area contributed by atoms with Gasteiger partial charge in [0.1, 0.15) is 0 Å². The van der Waals surface area contributed by atoms with Crippen LogP contribution in [0.2, 0.25) is 0 Å². The Kier molecular flexibility index (Phi) is 5.28. The number of carbonyl (C=O) groups is 2. The number of nitrogens with zero attached hydrogens (tertiary/aromatic N) is 5. The summed E-state index contributed by atoms with van der Waals surface area (Å²) in [6, 6.07) is 17.8. The van der Waals surface area contributed by atoms with Crippen LogP contribution in [0.4, 0.5) is 11.4 Å². The molecule has 3 aliphatic rings. The molecule has 34 heavy (non-hydrogen) atoms. The summed E-state index contributed by atoms with van der Waals surface area (Å²) in [6.45, 7) is 3.31. The van der Waals surface area contributed by atoms with Crippen LogP contribution in [0, 0.1) is 5.92 Å². The van der Waals surface area contributed by atoms with Gasteiger partial charge in [0.2, 0.25) is 23.5 Å². The van der Waals surface area contributed by atoms with E-state index in [1.807, 2.05) is 47.4 Å². The van der Waals surface area contributed by atoms with E-state index in [4.69, 9.17) is 4.52 Å². The molecule has 0 unspecified atom stereocenters. The summed E-state index contributed by atoms with van der Waals surface area (Å²) in [5, 5.41) is 4.12. The van der Waals surface area contributed by atoms with Crippen LogP contribution in [-0.2, 0) is 9.59 Å². The minimum Gasteiger partial charge on any atom is -0.368 e. The summed E-state index contributed by atoms with van der Waals surface area (Å²) >= 11 is 0. The van der Waals surface area contributed by atoms with Gasteiger partial charge < -0.3 is 19.2 Å². The van der Waals surface area contributed by atoms with Gasteiger partial charge in [0.15, 0.2) is 0 Å². The number of anilines is 2. The van der Waals surface area contributed by atoms with Crippen molar-refractivity contribution in [2.24, 2.45) is 5.92 Å². The van der Waals surface area contributed by atoms with Gasteiger partial charge >= 0.3 is 0 Å². The first-order valence-corrected chi connectivity index (χ1v) is 12.0. The Bertz CT molecular complexity index is 1180. The predicted molar refractivity (Wildman–Crippen MR) is 127 cm³/mol. The number of amides is 2. The van der Waals surface area contributed by atoms with Gasteiger partial charge in [-0.15, -0.1) is 0 Å². The van der Waals surface area contributed by atoms with Crippen LogP contribution in [0.15, 0.2) is 59.1 Å². The lowest BCUT2D eigenvalue weighted by atomic mass is 10.1. The zero-order valence-electron chi connectivity index (χ0n) is 19.0. The second-order valence-electron chi connectivity index (χ2n) is 9.33. The van der Waals surface area contributed by atoms with E-state index in [0.29, 0.717) is 31.4 Å². The highest BCUT2D eigenvalue weighted by molar-refractivity contribution is 6.00. The molecule has 2 aliphatic heterocycles. The molecule has 3 heterocycles. The molecule has 2 amide bonds. The number of rotatable bonds is 5. The topological polar surface area (TPSA) is 82.8 Å². The highest BCUT2D eigenvalue weighted by atomic mass is 16.5. The number of para-hydroxylation sites is 1. The molecule has 8 nitrogen and oxygen atoms in total. The largest absolute Gasteiger partial charge is 0.368 e. The lowest BCUT2D eigenvalue weighted by Gasteiger charge is -2.37. The predicted octanol–water partition coefficient (Wildman–Crippen LogP) is 3.32. The molecule has 6 rings (SSSR count). The third kappa shape index (κ3) is 4.04. The summed E-state index contributed by atoms with van der Waals surface area (Å²) in [4.78, 5) is 36.1. The molecular formula is C26H27N5O3. The van der Waals surface area contributed by atoms with Gasteiger partial charge in [0.25, 0.3) is 0 Å². The zero-order chi connectivity index (χ0) is 23.1. The van der Waals surface area contributed by atoms with Crippen molar-refractivity contribution in [3.63, 3.8) is 0 Å². The maximum absolute atomic E-state index is 13.1. The van der Waals surface area contributed by atoms with Gasteiger partial charge in [-0.25, -0.2) is 0 Å². The van der Waals surface area contributed by atoms with Crippen LogP contribution in [0.25, 0.3) is 11.4 Å². The summed E-state index contributed by atoms with van der Waals surface area (Å²) in [5.74, 6) is 1.67. The Morgan fingerprint density at radius 3 is 2.35 bits per heavy atom. The Morgan fingerprint density at radius 2 is 1.65 bits per heavy atom. The quantitative estimate of drug-likeness (QED) is 0.585. The van der Waals surface area contributed by atoms with Crippen LogP contribution < -0.4 is 9.80 Å². The summed E-state index contributed by atoms with van der Waals surface area (Å²) in [5.41, 5.74) is 2.93. The summed E-state index contributed by atoms with van der Waals surface area (Å²) in [7, 11) is 0. The van der Waals surface area contributed by atoms with Crippen molar-refractivity contribution >= 4 is 23.2 Å². The number of aromatic nitrogens is 2. The highest BCUT2D eigenvalue weighted by Gasteiger charge is 2.38. The summed E-state index contributed by atoms with van der Waals surface area (Å²) < 4.78 is 5.37. The lowest BCUT2D eigenvalue weighted by molar-refractivity contribution is -0.136. The SMILES string of the molecule is O=C([C@H]1CC(=O)N(c2ccccc2)C1)N1CCN(c2ccc(-c3noc(C4CC4)n3)cc2)CC1. The molecule has 1 saturated carbocycles. The van der Waals surface area contributed by atoms with E-state index >= 15 is 0 Å². The fraction of sp³-hybridized carbons (Fsp3) is 0.385. The van der Waals surface area contributed by atoms with E-state index in [0.717, 1.165) is 48.8 Å². The van der Waals surface area contributed by atoms with Gasteiger partial charge in [-0.1, -0.05) is 23.4 Å². The average molecular weight is 458 g/mol. The fourth-order valence-corrected chi connectivity index (χ4v) is 4.84. The molecule has 8 heteroatoms. The Balaban J connectivity index is 1.05. The third-order valence-electron chi connectivity index (χ3n) is 6.99. The van der Waals surface area contributed by atoms with Crippen molar-refractivity contribution in [2.75, 3.05) is 42.5 Å². The number of hydrogen-bond donors (Lipinski definition) is 0. The van der Waals surface area contributed by atoms with Crippen molar-refractivity contribution in [3.05, 3.63) is 60.5 Å². The van der Waals surface area contributed by atoms with Crippen LogP contribution in [0.5, 0.6) is 0 Å². The molecule has 174 valence electrons. The second-order valence-corrected chi connectivity index (χ2v) is 9.33. The number of hydrogen-bond acceptors (Lipinski definition) is 6. The Labute approximate surface area is 198 Å². The van der Waals surface area contributed by atoms with Gasteiger partial charge in [-0.05, 0) is 49.2 Å². The minimum atomic E-state index is -0.269. The van der Waals surface area contributed by atoms with Crippen LogP contribution in [-0.4, -0.2) is 59.6 Å². The Hall–Kier alpha value is -3.68. The molecule has 0 N–H and O–H groups in total. The molecule has 1 atom stereocenters. The van der Waals surface area contributed by atoms with Crippen molar-refractivity contribution in [3.8, 4) is 11.4 Å². The average Bonchev–Trinajstić information content (AvgIpc) is 3.49. The molecule has 2 saturated heterocycles. The van der Waals surface area contributed by atoms with E-state index in [-0.39, 0.29) is 24.2 Å². The number of benzene rings is 2. The molecule has 0 spiro atoms. The molecule has 0 radical (unpaired) electrons. The van der Waals surface area contributed by atoms with Crippen LogP contribution in [0.1, 0.15) is 31.1 Å². The van der Waals surface area contributed by atoms with Crippen LogP contribution in [0.3, 0.4) is 0 Å². The molecular weight excluding hydrogens is 430 g/mol. The van der Waals surface area contributed by atoms with E-state index in [1.165, 1.54) is 0 Å². The van der Waals surface area contributed by atoms with E-state index < -0.39 is 0 Å². The van der Waals surface area contributed by atoms with E-state index in [9.17, 15) is 9.59 Å². The molecule has 1 aromatic heterocycles. The normalized spacial score (nSPS) is 20.8. The lowest BCUT2D eigenvalue weighted by Crippen LogP contribution is -2.50. The molecule has 3 aromatic rings. The molecule has 2 aromatic carbocycles. The van der Waals surface area contributed by atoms with Gasteiger partial charge in [-0.2, -0.15) is 4.98 Å². The second kappa shape index (κ2) is 8.59. The standard InChI is InChI=1S/C26H27N5O3/c32-23-16-20(17-31(23)22-4-2-1-3-5-22)26(33)30-14-12-29(13-15-30)21-10-8-18(9-11-21)24-27-25(34-28-24)19-6-7-19/h1-5,8-11,19-20H,6-7,12-17H2/t20-/m0/s1.